The van der Waals surface area contributed by atoms with Crippen molar-refractivity contribution in [2.24, 2.45) is 10.9 Å². The highest BCUT2D eigenvalue weighted by atomic mass is 32.1. The largest absolute Gasteiger partial charge is 0.357 e. The Morgan fingerprint density at radius 2 is 2.14 bits per heavy atom. The predicted octanol–water partition coefficient (Wildman–Crippen LogP) is 2.89. The van der Waals surface area contributed by atoms with Crippen LogP contribution < -0.4 is 10.6 Å². The van der Waals surface area contributed by atoms with E-state index in [2.05, 4.69) is 64.0 Å². The van der Waals surface area contributed by atoms with Crippen LogP contribution in [0.1, 0.15) is 50.4 Å². The summed E-state index contributed by atoms with van der Waals surface area (Å²) in [6.07, 6.45) is 4.32. The summed E-state index contributed by atoms with van der Waals surface area (Å²) in [7, 11) is 0. The minimum Gasteiger partial charge on any atom is -0.357 e. The Hall–Kier alpha value is -1.93. The maximum atomic E-state index is 4.73. The minimum absolute atomic E-state index is 0.385. The summed E-state index contributed by atoms with van der Waals surface area (Å²) in [5.41, 5.74) is 0. The van der Waals surface area contributed by atoms with Gasteiger partial charge >= 0.3 is 0 Å². The van der Waals surface area contributed by atoms with Crippen molar-refractivity contribution in [1.82, 2.24) is 30.3 Å². The van der Waals surface area contributed by atoms with Crippen LogP contribution in [0.15, 0.2) is 28.8 Å². The molecule has 0 spiro atoms. The molecule has 0 aromatic carbocycles. The van der Waals surface area contributed by atoms with Crippen molar-refractivity contribution in [3.05, 3.63) is 34.5 Å². The third kappa shape index (κ3) is 5.54. The maximum Gasteiger partial charge on any atom is 0.191 e. The Balaban J connectivity index is 1.66. The van der Waals surface area contributed by atoms with E-state index < -0.39 is 0 Å². The Bertz CT molecular complexity index is 717. The van der Waals surface area contributed by atoms with Crippen molar-refractivity contribution in [3.63, 3.8) is 0 Å². The number of hydrogen-bond acceptors (Lipinski definition) is 5. The average molecular weight is 404 g/mol. The topological polar surface area (TPSA) is 70.4 Å². The lowest BCUT2D eigenvalue weighted by Crippen LogP contribution is -2.45. The van der Waals surface area contributed by atoms with Gasteiger partial charge in [-0.1, -0.05) is 13.0 Å². The van der Waals surface area contributed by atoms with Crippen molar-refractivity contribution in [2.75, 3.05) is 26.2 Å². The fraction of sp³-hybridized carbons (Fsp3) is 0.650. The van der Waals surface area contributed by atoms with E-state index in [1.54, 1.807) is 6.33 Å². The van der Waals surface area contributed by atoms with Crippen LogP contribution in [0.3, 0.4) is 0 Å². The zero-order valence-electron chi connectivity index (χ0n) is 17.3. The standard InChI is InChI=1S/C20H33N7S/c1-4-21-20(23-14-19-25-24-15-26(19)5-2)22-13-17(18-7-6-12-28-18)27-10-8-16(3)9-11-27/h6-7,12,15-17H,4-5,8-11,13-14H2,1-3H3,(H2,21,22,23). The smallest absolute Gasteiger partial charge is 0.191 e. The molecule has 0 radical (unpaired) electrons. The van der Waals surface area contributed by atoms with Gasteiger partial charge in [-0.05, 0) is 57.1 Å². The molecule has 7 nitrogen and oxygen atoms in total. The van der Waals surface area contributed by atoms with Crippen LogP contribution in [-0.4, -0.2) is 51.8 Å². The zero-order chi connectivity index (χ0) is 19.8. The summed E-state index contributed by atoms with van der Waals surface area (Å²) in [4.78, 5) is 8.77. The molecule has 0 bridgehead atoms. The van der Waals surface area contributed by atoms with Gasteiger partial charge in [-0.15, -0.1) is 21.5 Å². The highest BCUT2D eigenvalue weighted by Crippen LogP contribution is 2.29. The molecule has 2 aromatic heterocycles. The molecule has 1 aliphatic rings. The monoisotopic (exact) mass is 403 g/mol. The van der Waals surface area contributed by atoms with Gasteiger partial charge in [0.05, 0.1) is 6.04 Å². The molecule has 2 N–H and O–H groups in total. The third-order valence-electron chi connectivity index (χ3n) is 5.35. The molecule has 8 heteroatoms. The molecule has 3 heterocycles. The normalized spacial score (nSPS) is 17.6. The van der Waals surface area contributed by atoms with Gasteiger partial charge in [-0.3, -0.25) is 4.90 Å². The summed E-state index contributed by atoms with van der Waals surface area (Å²) >= 11 is 1.84. The molecule has 154 valence electrons. The van der Waals surface area contributed by atoms with Crippen molar-refractivity contribution < 1.29 is 0 Å². The Kier molecular flexibility index (Phi) is 7.85. The van der Waals surface area contributed by atoms with E-state index in [1.807, 2.05) is 15.9 Å². The van der Waals surface area contributed by atoms with Gasteiger partial charge in [-0.25, -0.2) is 4.99 Å². The van der Waals surface area contributed by atoms with Crippen molar-refractivity contribution in [1.29, 1.82) is 0 Å². The molecule has 2 aromatic rings. The molecule has 0 aliphatic carbocycles. The first-order valence-electron chi connectivity index (χ1n) is 10.4. The van der Waals surface area contributed by atoms with Crippen LogP contribution in [0.5, 0.6) is 0 Å². The molecule has 1 unspecified atom stereocenters. The molecule has 1 atom stereocenters. The van der Waals surface area contributed by atoms with E-state index in [9.17, 15) is 0 Å². The first-order chi connectivity index (χ1) is 13.7. The van der Waals surface area contributed by atoms with Crippen molar-refractivity contribution >= 4 is 17.3 Å². The van der Waals surface area contributed by atoms with Crippen molar-refractivity contribution in [3.8, 4) is 0 Å². The average Bonchev–Trinajstić information content (AvgIpc) is 3.39. The van der Waals surface area contributed by atoms with E-state index >= 15 is 0 Å². The van der Waals surface area contributed by atoms with Gasteiger partial charge < -0.3 is 15.2 Å². The van der Waals surface area contributed by atoms with Gasteiger partial charge in [-0.2, -0.15) is 0 Å². The Labute approximate surface area is 172 Å². The molecule has 1 fully saturated rings. The van der Waals surface area contributed by atoms with E-state index in [-0.39, 0.29) is 0 Å². The van der Waals surface area contributed by atoms with Crippen LogP contribution in [0.2, 0.25) is 0 Å². The van der Waals surface area contributed by atoms with Crippen LogP contribution in [-0.2, 0) is 13.1 Å². The summed E-state index contributed by atoms with van der Waals surface area (Å²) in [5, 5.41) is 17.3. The zero-order valence-corrected chi connectivity index (χ0v) is 18.1. The lowest BCUT2D eigenvalue weighted by Gasteiger charge is -2.36. The number of rotatable bonds is 8. The second-order valence-electron chi connectivity index (χ2n) is 7.36. The summed E-state index contributed by atoms with van der Waals surface area (Å²) in [5.74, 6) is 2.56. The van der Waals surface area contributed by atoms with E-state index in [0.29, 0.717) is 12.6 Å². The number of thiophene rings is 1. The SMILES string of the molecule is CCNC(=NCc1nncn1CC)NCC(c1cccs1)N1CCC(C)CC1. The van der Waals surface area contributed by atoms with Gasteiger partial charge in [0.1, 0.15) is 12.9 Å². The number of hydrogen-bond donors (Lipinski definition) is 2. The highest BCUT2D eigenvalue weighted by molar-refractivity contribution is 7.10. The summed E-state index contributed by atoms with van der Waals surface area (Å²) in [6, 6.07) is 4.79. The van der Waals surface area contributed by atoms with Gasteiger partial charge in [0, 0.05) is 24.5 Å². The number of aliphatic imine (C=N–C) groups is 1. The number of piperidine rings is 1. The lowest BCUT2D eigenvalue weighted by molar-refractivity contribution is 0.140. The first-order valence-corrected chi connectivity index (χ1v) is 11.3. The van der Waals surface area contributed by atoms with Crippen LogP contribution in [0, 0.1) is 5.92 Å². The molecule has 0 saturated carbocycles. The first kappa shape index (κ1) is 20.8. The van der Waals surface area contributed by atoms with Crippen LogP contribution >= 0.6 is 11.3 Å². The van der Waals surface area contributed by atoms with E-state index in [1.165, 1.54) is 30.8 Å². The summed E-state index contributed by atoms with van der Waals surface area (Å²) in [6.45, 7) is 11.9. The molecular formula is C20H33N7S. The van der Waals surface area contributed by atoms with Crippen LogP contribution in [0.25, 0.3) is 0 Å². The Morgan fingerprint density at radius 3 is 2.82 bits per heavy atom. The Morgan fingerprint density at radius 1 is 1.32 bits per heavy atom. The highest BCUT2D eigenvalue weighted by Gasteiger charge is 2.25. The molecule has 1 aliphatic heterocycles. The van der Waals surface area contributed by atoms with E-state index in [4.69, 9.17) is 4.99 Å². The summed E-state index contributed by atoms with van der Waals surface area (Å²) < 4.78 is 2.02. The number of nitrogens with zero attached hydrogens (tertiary/aromatic N) is 5. The predicted molar refractivity (Wildman–Crippen MR) is 116 cm³/mol. The fourth-order valence-corrected chi connectivity index (χ4v) is 4.44. The van der Waals surface area contributed by atoms with Crippen LogP contribution in [0.4, 0.5) is 0 Å². The van der Waals surface area contributed by atoms with Gasteiger partial charge in [0.15, 0.2) is 11.8 Å². The third-order valence-corrected chi connectivity index (χ3v) is 6.33. The molecule has 0 amide bonds. The number of likely N-dealkylation sites (tertiary alicyclic amines) is 1. The molecule has 1 saturated heterocycles. The molecule has 28 heavy (non-hydrogen) atoms. The maximum absolute atomic E-state index is 4.73. The second-order valence-corrected chi connectivity index (χ2v) is 8.34. The number of aryl methyl sites for hydroxylation is 1. The lowest BCUT2D eigenvalue weighted by atomic mass is 9.97. The molecule has 3 rings (SSSR count). The van der Waals surface area contributed by atoms with Gasteiger partial charge in [0.2, 0.25) is 0 Å². The van der Waals surface area contributed by atoms with Gasteiger partial charge in [0.25, 0.3) is 0 Å². The molecular weight excluding hydrogens is 370 g/mol. The van der Waals surface area contributed by atoms with Crippen molar-refractivity contribution in [2.45, 2.75) is 52.7 Å². The number of aromatic nitrogens is 3. The fourth-order valence-electron chi connectivity index (χ4n) is 3.58. The number of guanidine groups is 1. The quantitative estimate of drug-likeness (QED) is 0.524. The minimum atomic E-state index is 0.385. The second kappa shape index (κ2) is 10.6. The van der Waals surface area contributed by atoms with E-state index in [0.717, 1.165) is 37.3 Å². The number of nitrogens with one attached hydrogen (secondary N) is 2.